The van der Waals surface area contributed by atoms with Crippen LogP contribution in [0.5, 0.6) is 0 Å². The van der Waals surface area contributed by atoms with Crippen molar-refractivity contribution in [2.75, 3.05) is 26.3 Å². The average molecular weight is 355 g/mol. The van der Waals surface area contributed by atoms with E-state index in [1.165, 1.54) is 37.7 Å². The first-order valence-electron chi connectivity index (χ1n) is 10.1. The van der Waals surface area contributed by atoms with Crippen LogP contribution < -0.4 is 0 Å². The molecule has 0 radical (unpaired) electrons. The van der Waals surface area contributed by atoms with Gasteiger partial charge in [-0.2, -0.15) is 4.98 Å². The van der Waals surface area contributed by atoms with Crippen LogP contribution in [0.15, 0.2) is 28.8 Å². The molecule has 1 aromatic heterocycles. The summed E-state index contributed by atoms with van der Waals surface area (Å²) in [4.78, 5) is 7.17. The molecule has 2 fully saturated rings. The topological polar surface area (TPSA) is 51.4 Å². The Hall–Kier alpha value is -1.72. The molecule has 1 saturated carbocycles. The molecule has 2 unspecified atom stereocenters. The number of nitrogens with zero attached hydrogens (tertiary/aromatic N) is 3. The minimum atomic E-state index is 0.455. The highest BCUT2D eigenvalue weighted by Crippen LogP contribution is 2.41. The molecule has 140 valence electrons. The van der Waals surface area contributed by atoms with Gasteiger partial charge in [0.25, 0.3) is 0 Å². The maximum Gasteiger partial charge on any atom is 0.230 e. The first kappa shape index (κ1) is 17.7. The molecule has 0 spiro atoms. The highest BCUT2D eigenvalue weighted by Gasteiger charge is 2.32. The predicted molar refractivity (Wildman–Crippen MR) is 101 cm³/mol. The third-order valence-electron chi connectivity index (χ3n) is 5.80. The van der Waals surface area contributed by atoms with Gasteiger partial charge in [-0.1, -0.05) is 49.2 Å². The summed E-state index contributed by atoms with van der Waals surface area (Å²) < 4.78 is 11.1. The van der Waals surface area contributed by atoms with Crippen LogP contribution in [0, 0.1) is 5.92 Å². The number of aromatic nitrogens is 2. The van der Waals surface area contributed by atoms with Crippen molar-refractivity contribution in [3.63, 3.8) is 0 Å². The Morgan fingerprint density at radius 2 is 1.92 bits per heavy atom. The Morgan fingerprint density at radius 3 is 2.69 bits per heavy atom. The minimum absolute atomic E-state index is 0.455. The van der Waals surface area contributed by atoms with Crippen molar-refractivity contribution in [2.24, 2.45) is 5.92 Å². The van der Waals surface area contributed by atoms with Crippen LogP contribution in [0.1, 0.15) is 56.4 Å². The number of rotatable bonds is 6. The zero-order valence-corrected chi connectivity index (χ0v) is 15.7. The van der Waals surface area contributed by atoms with Gasteiger partial charge in [-0.25, -0.2) is 0 Å². The molecule has 1 saturated heterocycles. The van der Waals surface area contributed by atoms with Gasteiger partial charge < -0.3 is 9.26 Å². The molecule has 0 amide bonds. The van der Waals surface area contributed by atoms with Crippen LogP contribution in [-0.4, -0.2) is 41.3 Å². The van der Waals surface area contributed by atoms with Gasteiger partial charge in [0.2, 0.25) is 11.7 Å². The number of hydrogen-bond donors (Lipinski definition) is 0. The van der Waals surface area contributed by atoms with Crippen LogP contribution in [-0.2, 0) is 11.3 Å². The molecule has 0 N–H and O–H groups in total. The van der Waals surface area contributed by atoms with Gasteiger partial charge in [-0.3, -0.25) is 4.90 Å². The van der Waals surface area contributed by atoms with Gasteiger partial charge >= 0.3 is 0 Å². The summed E-state index contributed by atoms with van der Waals surface area (Å²) in [6.45, 7) is 6.93. The fraction of sp³-hybridized carbons (Fsp3) is 0.619. The molecule has 5 heteroatoms. The zero-order chi connectivity index (χ0) is 17.8. The van der Waals surface area contributed by atoms with Crippen LogP contribution in [0.2, 0.25) is 0 Å². The summed E-state index contributed by atoms with van der Waals surface area (Å²) in [6.07, 6.45) is 6.26. The molecule has 2 atom stereocenters. The van der Waals surface area contributed by atoms with E-state index in [0.717, 1.165) is 50.1 Å². The van der Waals surface area contributed by atoms with Crippen molar-refractivity contribution >= 4 is 0 Å². The van der Waals surface area contributed by atoms with E-state index in [2.05, 4.69) is 41.2 Å². The number of hydrogen-bond acceptors (Lipinski definition) is 5. The highest BCUT2D eigenvalue weighted by molar-refractivity contribution is 5.54. The van der Waals surface area contributed by atoms with Crippen LogP contribution in [0.4, 0.5) is 0 Å². The van der Waals surface area contributed by atoms with Gasteiger partial charge in [0, 0.05) is 31.1 Å². The number of benzene rings is 1. The van der Waals surface area contributed by atoms with E-state index in [1.807, 2.05) is 0 Å². The van der Waals surface area contributed by atoms with Gasteiger partial charge in [-0.05, 0) is 30.7 Å². The summed E-state index contributed by atoms with van der Waals surface area (Å²) in [5.74, 6) is 2.73. The summed E-state index contributed by atoms with van der Waals surface area (Å²) in [5, 5.41) is 4.26. The minimum Gasteiger partial charge on any atom is -0.379 e. The Kier molecular flexibility index (Phi) is 5.65. The molecule has 26 heavy (non-hydrogen) atoms. The molecule has 2 aromatic rings. The predicted octanol–water partition coefficient (Wildman–Crippen LogP) is 4.25. The highest BCUT2D eigenvalue weighted by atomic mass is 16.5. The first-order chi connectivity index (χ1) is 12.8. The third-order valence-corrected chi connectivity index (χ3v) is 5.80. The first-order valence-corrected chi connectivity index (χ1v) is 10.1. The lowest BCUT2D eigenvalue weighted by Gasteiger charge is -2.26. The summed E-state index contributed by atoms with van der Waals surface area (Å²) in [6, 6.07) is 8.58. The monoisotopic (exact) mass is 355 g/mol. The number of ether oxygens (including phenoxy) is 1. The van der Waals surface area contributed by atoms with E-state index >= 15 is 0 Å². The van der Waals surface area contributed by atoms with Gasteiger partial charge in [0.1, 0.15) is 0 Å². The van der Waals surface area contributed by atoms with Gasteiger partial charge in [0.05, 0.1) is 13.2 Å². The van der Waals surface area contributed by atoms with Crippen molar-refractivity contribution in [2.45, 2.75) is 51.5 Å². The van der Waals surface area contributed by atoms with E-state index in [0.29, 0.717) is 11.8 Å². The Bertz CT molecular complexity index is 692. The molecule has 4 rings (SSSR count). The molecule has 0 bridgehead atoms. The molecular formula is C21H29N3O2. The standard InChI is InChI=1S/C21H29N3O2/c1-2-4-17-5-3-6-19(17)21-22-20(23-26-21)18-9-7-16(8-10-18)15-24-11-13-25-14-12-24/h7-10,17,19H,2-6,11-15H2,1H3. The summed E-state index contributed by atoms with van der Waals surface area (Å²) in [7, 11) is 0. The second kappa shape index (κ2) is 8.31. The molecule has 1 aliphatic carbocycles. The van der Waals surface area contributed by atoms with Crippen LogP contribution >= 0.6 is 0 Å². The molecule has 1 aliphatic heterocycles. The third kappa shape index (κ3) is 3.99. The van der Waals surface area contributed by atoms with E-state index in [4.69, 9.17) is 14.2 Å². The molecular weight excluding hydrogens is 326 g/mol. The average Bonchev–Trinajstić information content (AvgIpc) is 3.33. The second-order valence-electron chi connectivity index (χ2n) is 7.63. The summed E-state index contributed by atoms with van der Waals surface area (Å²) in [5.41, 5.74) is 2.36. The normalized spacial score (nSPS) is 24.2. The fourth-order valence-corrected chi connectivity index (χ4v) is 4.36. The summed E-state index contributed by atoms with van der Waals surface area (Å²) >= 11 is 0. The second-order valence-corrected chi connectivity index (χ2v) is 7.63. The van der Waals surface area contributed by atoms with Gasteiger partial charge in [-0.15, -0.1) is 0 Å². The van der Waals surface area contributed by atoms with E-state index in [-0.39, 0.29) is 0 Å². The maximum atomic E-state index is 5.65. The van der Waals surface area contributed by atoms with E-state index in [1.54, 1.807) is 0 Å². The van der Waals surface area contributed by atoms with Crippen molar-refractivity contribution in [3.8, 4) is 11.4 Å². The Morgan fingerprint density at radius 1 is 1.12 bits per heavy atom. The van der Waals surface area contributed by atoms with Crippen molar-refractivity contribution in [1.82, 2.24) is 15.0 Å². The maximum absolute atomic E-state index is 5.65. The van der Waals surface area contributed by atoms with E-state index < -0.39 is 0 Å². The zero-order valence-electron chi connectivity index (χ0n) is 15.7. The lowest BCUT2D eigenvalue weighted by atomic mass is 9.92. The van der Waals surface area contributed by atoms with E-state index in [9.17, 15) is 0 Å². The number of morpholine rings is 1. The van der Waals surface area contributed by atoms with Crippen molar-refractivity contribution in [1.29, 1.82) is 0 Å². The van der Waals surface area contributed by atoms with Crippen LogP contribution in [0.3, 0.4) is 0 Å². The largest absolute Gasteiger partial charge is 0.379 e. The quantitative estimate of drug-likeness (QED) is 0.775. The SMILES string of the molecule is CCCC1CCCC1c1nc(-c2ccc(CN3CCOCC3)cc2)no1. The van der Waals surface area contributed by atoms with Crippen molar-refractivity contribution in [3.05, 3.63) is 35.7 Å². The lowest BCUT2D eigenvalue weighted by Crippen LogP contribution is -2.35. The van der Waals surface area contributed by atoms with Gasteiger partial charge in [0.15, 0.2) is 0 Å². The smallest absolute Gasteiger partial charge is 0.230 e. The Balaban J connectivity index is 1.42. The van der Waals surface area contributed by atoms with Crippen molar-refractivity contribution < 1.29 is 9.26 Å². The lowest BCUT2D eigenvalue weighted by molar-refractivity contribution is 0.0342. The molecule has 1 aromatic carbocycles. The molecule has 2 aliphatic rings. The Labute approximate surface area is 155 Å². The molecule has 2 heterocycles. The fourth-order valence-electron chi connectivity index (χ4n) is 4.36. The van der Waals surface area contributed by atoms with Crippen LogP contribution in [0.25, 0.3) is 11.4 Å². The molecule has 5 nitrogen and oxygen atoms in total.